The van der Waals surface area contributed by atoms with Crippen LogP contribution in [-0.2, 0) is 0 Å². The van der Waals surface area contributed by atoms with Gasteiger partial charge in [0.05, 0.1) is 29.7 Å². The van der Waals surface area contributed by atoms with E-state index in [9.17, 15) is 0 Å². The average Bonchev–Trinajstić information content (AvgIpc) is 2.67. The summed E-state index contributed by atoms with van der Waals surface area (Å²) in [5.74, 6) is 0. The molecule has 0 saturated heterocycles. The Hall–Kier alpha value is -1.26. The van der Waals surface area contributed by atoms with Crippen molar-refractivity contribution in [3.05, 3.63) is 46.8 Å². The minimum absolute atomic E-state index is 0.164. The summed E-state index contributed by atoms with van der Waals surface area (Å²) in [4.78, 5) is 0. The molecule has 0 fully saturated rings. The van der Waals surface area contributed by atoms with Gasteiger partial charge >= 0.3 is 0 Å². The van der Waals surface area contributed by atoms with Gasteiger partial charge in [0.2, 0.25) is 0 Å². The van der Waals surface area contributed by atoms with Gasteiger partial charge in [0.1, 0.15) is 0 Å². The monoisotopic (exact) mass is 219 g/mol. The van der Waals surface area contributed by atoms with Crippen LogP contribution in [0.25, 0.3) is 0 Å². The quantitative estimate of drug-likeness (QED) is 0.842. The van der Waals surface area contributed by atoms with Crippen molar-refractivity contribution in [1.82, 2.24) is 8.75 Å². The minimum Gasteiger partial charge on any atom is -0.319 e. The van der Waals surface area contributed by atoms with Crippen LogP contribution in [0.15, 0.2) is 24.4 Å². The van der Waals surface area contributed by atoms with Crippen molar-refractivity contribution in [2.45, 2.75) is 19.9 Å². The molecule has 2 aromatic rings. The largest absolute Gasteiger partial charge is 0.319 e. The van der Waals surface area contributed by atoms with Gasteiger partial charge in [-0.3, -0.25) is 0 Å². The number of nitrogens with two attached hydrogens (primary N) is 1. The Labute approximate surface area is 93.3 Å². The normalized spacial score (nSPS) is 12.7. The third-order valence-electron chi connectivity index (χ3n) is 2.30. The highest BCUT2D eigenvalue weighted by Crippen LogP contribution is 2.20. The molecule has 1 unspecified atom stereocenters. The second kappa shape index (κ2) is 4.08. The van der Waals surface area contributed by atoms with Crippen LogP contribution in [0.3, 0.4) is 0 Å². The topological polar surface area (TPSA) is 51.8 Å². The Morgan fingerprint density at radius 1 is 1.20 bits per heavy atom. The zero-order valence-corrected chi connectivity index (χ0v) is 9.58. The van der Waals surface area contributed by atoms with E-state index in [-0.39, 0.29) is 6.04 Å². The molecule has 2 N–H and O–H groups in total. The number of hydrogen-bond donors (Lipinski definition) is 1. The lowest BCUT2D eigenvalue weighted by atomic mass is 10.0. The first-order chi connectivity index (χ1) is 7.16. The fraction of sp³-hybridized carbons (Fsp3) is 0.273. The first kappa shape index (κ1) is 10.3. The second-order valence-corrected chi connectivity index (χ2v) is 4.29. The van der Waals surface area contributed by atoms with Crippen molar-refractivity contribution >= 4 is 11.7 Å². The molecule has 1 aromatic carbocycles. The van der Waals surface area contributed by atoms with Crippen LogP contribution < -0.4 is 5.73 Å². The molecule has 0 spiro atoms. The van der Waals surface area contributed by atoms with Crippen LogP contribution in [0, 0.1) is 13.8 Å². The SMILES string of the molecule is Cc1cc(C)cc(C(N)c2cnsn2)c1. The van der Waals surface area contributed by atoms with E-state index in [1.807, 2.05) is 0 Å². The molecule has 78 valence electrons. The molecule has 0 amide bonds. The van der Waals surface area contributed by atoms with Gasteiger partial charge in [0.25, 0.3) is 0 Å². The van der Waals surface area contributed by atoms with Gasteiger partial charge in [-0.1, -0.05) is 29.3 Å². The number of rotatable bonds is 2. The van der Waals surface area contributed by atoms with Gasteiger partial charge in [-0.15, -0.1) is 0 Å². The summed E-state index contributed by atoms with van der Waals surface area (Å²) >= 11 is 1.19. The number of aromatic nitrogens is 2. The van der Waals surface area contributed by atoms with Crippen LogP contribution in [0.4, 0.5) is 0 Å². The molecular weight excluding hydrogens is 206 g/mol. The Morgan fingerprint density at radius 2 is 1.87 bits per heavy atom. The zero-order valence-electron chi connectivity index (χ0n) is 8.77. The predicted octanol–water partition coefficient (Wildman–Crippen LogP) is 2.20. The van der Waals surface area contributed by atoms with E-state index in [4.69, 9.17) is 5.73 Å². The number of nitrogens with zero attached hydrogens (tertiary/aromatic N) is 2. The maximum atomic E-state index is 6.10. The van der Waals surface area contributed by atoms with E-state index in [0.29, 0.717) is 0 Å². The Bertz CT molecular complexity index is 431. The summed E-state index contributed by atoms with van der Waals surface area (Å²) in [6, 6.07) is 6.16. The maximum absolute atomic E-state index is 6.10. The lowest BCUT2D eigenvalue weighted by Crippen LogP contribution is -2.12. The molecule has 0 aliphatic rings. The van der Waals surface area contributed by atoms with Gasteiger partial charge in [0.15, 0.2) is 0 Å². The van der Waals surface area contributed by atoms with Crippen LogP contribution in [0.5, 0.6) is 0 Å². The Morgan fingerprint density at radius 3 is 2.40 bits per heavy atom. The van der Waals surface area contributed by atoms with Crippen molar-refractivity contribution < 1.29 is 0 Å². The van der Waals surface area contributed by atoms with Crippen molar-refractivity contribution in [3.63, 3.8) is 0 Å². The minimum atomic E-state index is -0.164. The summed E-state index contributed by atoms with van der Waals surface area (Å²) in [5, 5.41) is 0. The lowest BCUT2D eigenvalue weighted by Gasteiger charge is -2.10. The molecule has 1 atom stereocenters. The molecule has 4 heteroatoms. The Kier molecular flexibility index (Phi) is 2.79. The van der Waals surface area contributed by atoms with Crippen molar-refractivity contribution in [2.75, 3.05) is 0 Å². The number of aryl methyl sites for hydroxylation is 2. The highest BCUT2D eigenvalue weighted by atomic mass is 32.1. The molecule has 0 aliphatic carbocycles. The summed E-state index contributed by atoms with van der Waals surface area (Å²) < 4.78 is 8.12. The van der Waals surface area contributed by atoms with E-state index < -0.39 is 0 Å². The summed E-state index contributed by atoms with van der Waals surface area (Å²) in [7, 11) is 0. The van der Waals surface area contributed by atoms with Gasteiger partial charge in [-0.2, -0.15) is 8.75 Å². The number of hydrogen-bond acceptors (Lipinski definition) is 4. The first-order valence-electron chi connectivity index (χ1n) is 4.78. The third-order valence-corrected chi connectivity index (χ3v) is 2.79. The maximum Gasteiger partial charge on any atom is 0.0955 e. The van der Waals surface area contributed by atoms with E-state index in [1.54, 1.807) is 6.20 Å². The van der Waals surface area contributed by atoms with Crippen LogP contribution in [-0.4, -0.2) is 8.75 Å². The molecule has 0 radical (unpaired) electrons. The standard InChI is InChI=1S/C11H13N3S/c1-7-3-8(2)5-9(4-7)11(12)10-6-13-15-14-10/h3-6,11H,12H2,1-2H3. The lowest BCUT2D eigenvalue weighted by molar-refractivity contribution is 0.841. The number of benzene rings is 1. The molecule has 0 saturated carbocycles. The van der Waals surface area contributed by atoms with Crippen molar-refractivity contribution in [1.29, 1.82) is 0 Å². The van der Waals surface area contributed by atoms with E-state index in [0.717, 1.165) is 11.3 Å². The first-order valence-corrected chi connectivity index (χ1v) is 5.51. The molecule has 1 heterocycles. The van der Waals surface area contributed by atoms with Crippen molar-refractivity contribution in [3.8, 4) is 0 Å². The molecule has 0 aliphatic heterocycles. The van der Waals surface area contributed by atoms with Crippen LogP contribution in [0.2, 0.25) is 0 Å². The fourth-order valence-corrected chi connectivity index (χ4v) is 2.13. The average molecular weight is 219 g/mol. The zero-order chi connectivity index (χ0) is 10.8. The smallest absolute Gasteiger partial charge is 0.0955 e. The predicted molar refractivity (Wildman–Crippen MR) is 61.9 cm³/mol. The van der Waals surface area contributed by atoms with E-state index >= 15 is 0 Å². The highest BCUT2D eigenvalue weighted by Gasteiger charge is 2.11. The molecule has 15 heavy (non-hydrogen) atoms. The summed E-state index contributed by atoms with van der Waals surface area (Å²) in [6.45, 7) is 4.14. The van der Waals surface area contributed by atoms with Crippen LogP contribution in [0.1, 0.15) is 28.4 Å². The Balaban J connectivity index is 2.37. The van der Waals surface area contributed by atoms with Gasteiger partial charge < -0.3 is 5.73 Å². The van der Waals surface area contributed by atoms with Crippen LogP contribution >= 0.6 is 11.7 Å². The van der Waals surface area contributed by atoms with E-state index in [1.165, 1.54) is 22.9 Å². The summed E-state index contributed by atoms with van der Waals surface area (Å²) in [5.41, 5.74) is 10.5. The van der Waals surface area contributed by atoms with Crippen molar-refractivity contribution in [2.24, 2.45) is 5.73 Å². The second-order valence-electron chi connectivity index (χ2n) is 3.73. The highest BCUT2D eigenvalue weighted by molar-refractivity contribution is 6.99. The molecule has 1 aromatic heterocycles. The molecule has 0 bridgehead atoms. The molecule has 2 rings (SSSR count). The van der Waals surface area contributed by atoms with Gasteiger partial charge in [0, 0.05) is 0 Å². The molecular formula is C11H13N3S. The molecule has 3 nitrogen and oxygen atoms in total. The third kappa shape index (κ3) is 2.22. The fourth-order valence-electron chi connectivity index (χ4n) is 1.67. The summed E-state index contributed by atoms with van der Waals surface area (Å²) in [6.07, 6.45) is 1.73. The van der Waals surface area contributed by atoms with Gasteiger partial charge in [-0.25, -0.2) is 0 Å². The van der Waals surface area contributed by atoms with E-state index in [2.05, 4.69) is 40.8 Å². The van der Waals surface area contributed by atoms with Gasteiger partial charge in [-0.05, 0) is 19.4 Å².